The van der Waals surface area contributed by atoms with Crippen molar-refractivity contribution >= 4 is 40.5 Å². The zero-order chi connectivity index (χ0) is 21.0. The van der Waals surface area contributed by atoms with Crippen LogP contribution in [-0.2, 0) is 14.3 Å². The molecule has 9 nitrogen and oxygen atoms in total. The Bertz CT molecular complexity index is 949. The number of benzene rings is 1. The van der Waals surface area contributed by atoms with Gasteiger partial charge in [0, 0.05) is 6.54 Å². The molecule has 1 unspecified atom stereocenters. The van der Waals surface area contributed by atoms with E-state index in [9.17, 15) is 28.9 Å². The average Bonchev–Trinajstić information content (AvgIpc) is 3.38. The zero-order valence-electron chi connectivity index (χ0n) is 15.0. The summed E-state index contributed by atoms with van der Waals surface area (Å²) in [6, 6.07) is 5.29. The highest BCUT2D eigenvalue weighted by Crippen LogP contribution is 2.25. The lowest BCUT2D eigenvalue weighted by atomic mass is 10.2. The summed E-state index contributed by atoms with van der Waals surface area (Å²) in [6.45, 7) is -0.282. The van der Waals surface area contributed by atoms with Crippen LogP contribution in [0.2, 0.25) is 0 Å². The summed E-state index contributed by atoms with van der Waals surface area (Å²) in [7, 11) is 0. The molecule has 29 heavy (non-hydrogen) atoms. The molecule has 0 saturated carbocycles. The predicted octanol–water partition coefficient (Wildman–Crippen LogP) is 2.58. The van der Waals surface area contributed by atoms with Gasteiger partial charge in [-0.1, -0.05) is 6.07 Å². The van der Waals surface area contributed by atoms with Crippen molar-refractivity contribution in [3.05, 3.63) is 56.5 Å². The topological polar surface area (TPSA) is 119 Å². The molecule has 1 saturated heterocycles. The number of anilines is 1. The Hall–Kier alpha value is -3.34. The number of nitrogens with zero attached hydrogens (tertiary/aromatic N) is 2. The number of nitrogens with one attached hydrogen (secondary N) is 1. The van der Waals surface area contributed by atoms with Crippen LogP contribution in [0, 0.1) is 15.9 Å². The molecule has 1 aliphatic heterocycles. The van der Waals surface area contributed by atoms with Crippen molar-refractivity contribution in [2.24, 2.45) is 0 Å². The van der Waals surface area contributed by atoms with Crippen molar-refractivity contribution in [3.63, 3.8) is 0 Å². The lowest BCUT2D eigenvalue weighted by molar-refractivity contribution is -0.384. The SMILES string of the molecule is O=C(COC(=O)C1CCCN1C(=O)c1cccs1)Nc1ccc(F)cc1[N+](=O)[O-]. The Balaban J connectivity index is 1.58. The van der Waals surface area contributed by atoms with E-state index in [-0.39, 0.29) is 11.6 Å². The Morgan fingerprint density at radius 1 is 1.34 bits per heavy atom. The second-order valence-corrected chi connectivity index (χ2v) is 7.16. The molecule has 2 amide bonds. The molecule has 1 aromatic carbocycles. The van der Waals surface area contributed by atoms with Crippen molar-refractivity contribution < 1.29 is 28.4 Å². The lowest BCUT2D eigenvalue weighted by Crippen LogP contribution is -2.41. The molecular weight excluding hydrogens is 405 g/mol. The van der Waals surface area contributed by atoms with Gasteiger partial charge in [-0.2, -0.15) is 0 Å². The molecule has 152 valence electrons. The summed E-state index contributed by atoms with van der Waals surface area (Å²) >= 11 is 1.27. The van der Waals surface area contributed by atoms with E-state index in [4.69, 9.17) is 4.74 Å². The van der Waals surface area contributed by atoms with Crippen LogP contribution in [0.1, 0.15) is 22.5 Å². The van der Waals surface area contributed by atoms with Gasteiger partial charge in [-0.25, -0.2) is 9.18 Å². The van der Waals surface area contributed by atoms with Crippen LogP contribution >= 0.6 is 11.3 Å². The maximum absolute atomic E-state index is 13.2. The number of thiophene rings is 1. The average molecular weight is 421 g/mol. The van der Waals surface area contributed by atoms with Crippen molar-refractivity contribution in [2.75, 3.05) is 18.5 Å². The first kappa shape index (κ1) is 20.4. The molecule has 0 radical (unpaired) electrons. The van der Waals surface area contributed by atoms with Crippen LogP contribution in [0.4, 0.5) is 15.8 Å². The number of likely N-dealkylation sites (tertiary alicyclic amines) is 1. The van der Waals surface area contributed by atoms with Gasteiger partial charge < -0.3 is 15.0 Å². The van der Waals surface area contributed by atoms with Gasteiger partial charge >= 0.3 is 5.97 Å². The highest BCUT2D eigenvalue weighted by molar-refractivity contribution is 7.12. The fourth-order valence-corrected chi connectivity index (χ4v) is 3.66. The molecule has 2 heterocycles. The second-order valence-electron chi connectivity index (χ2n) is 6.21. The number of rotatable bonds is 6. The van der Waals surface area contributed by atoms with Gasteiger partial charge in [0.05, 0.1) is 15.9 Å². The number of ether oxygens (including phenoxy) is 1. The maximum atomic E-state index is 13.2. The number of halogens is 1. The van der Waals surface area contributed by atoms with Crippen molar-refractivity contribution in [3.8, 4) is 0 Å². The Kier molecular flexibility index (Phi) is 6.17. The third-order valence-electron chi connectivity index (χ3n) is 4.29. The highest BCUT2D eigenvalue weighted by atomic mass is 32.1. The first-order chi connectivity index (χ1) is 13.9. The number of nitro benzene ring substituents is 1. The Labute approximate surface area is 168 Å². The smallest absolute Gasteiger partial charge is 0.329 e. The van der Waals surface area contributed by atoms with Crippen LogP contribution in [0.5, 0.6) is 0 Å². The molecule has 1 fully saturated rings. The van der Waals surface area contributed by atoms with Crippen LogP contribution in [0.3, 0.4) is 0 Å². The summed E-state index contributed by atoms with van der Waals surface area (Å²) in [4.78, 5) is 48.9. The minimum absolute atomic E-state index is 0.215. The third-order valence-corrected chi connectivity index (χ3v) is 5.15. The fourth-order valence-electron chi connectivity index (χ4n) is 2.98. The van der Waals surface area contributed by atoms with Crippen molar-refractivity contribution in [1.29, 1.82) is 0 Å². The molecule has 1 aromatic heterocycles. The number of amides is 2. The van der Waals surface area contributed by atoms with Crippen LogP contribution < -0.4 is 5.32 Å². The number of carbonyl (C=O) groups excluding carboxylic acids is 3. The first-order valence-corrected chi connectivity index (χ1v) is 9.49. The van der Waals surface area contributed by atoms with Gasteiger partial charge in [-0.3, -0.25) is 19.7 Å². The molecule has 1 N–H and O–H groups in total. The van der Waals surface area contributed by atoms with E-state index in [1.165, 1.54) is 16.2 Å². The van der Waals surface area contributed by atoms with Gasteiger partial charge in [0.15, 0.2) is 6.61 Å². The monoisotopic (exact) mass is 421 g/mol. The molecule has 0 spiro atoms. The summed E-state index contributed by atoms with van der Waals surface area (Å²) in [5, 5.41) is 14.9. The van der Waals surface area contributed by atoms with Crippen molar-refractivity contribution in [1.82, 2.24) is 4.90 Å². The highest BCUT2D eigenvalue weighted by Gasteiger charge is 2.36. The number of nitro groups is 1. The predicted molar refractivity (Wildman–Crippen MR) is 101 cm³/mol. The summed E-state index contributed by atoms with van der Waals surface area (Å²) in [5.74, 6) is -2.64. The van der Waals surface area contributed by atoms with Gasteiger partial charge in [0.2, 0.25) is 0 Å². The van der Waals surface area contributed by atoms with E-state index >= 15 is 0 Å². The van der Waals surface area contributed by atoms with Crippen molar-refractivity contribution in [2.45, 2.75) is 18.9 Å². The number of hydrogen-bond donors (Lipinski definition) is 1. The van der Waals surface area contributed by atoms with E-state index in [0.29, 0.717) is 30.3 Å². The molecule has 2 aromatic rings. The van der Waals surface area contributed by atoms with Crippen LogP contribution in [-0.4, -0.2) is 46.8 Å². The largest absolute Gasteiger partial charge is 0.454 e. The minimum atomic E-state index is -0.836. The van der Waals surface area contributed by atoms with Gasteiger partial charge in [0.1, 0.15) is 17.5 Å². The summed E-state index contributed by atoms with van der Waals surface area (Å²) < 4.78 is 18.2. The summed E-state index contributed by atoms with van der Waals surface area (Å²) in [5.41, 5.74) is -0.832. The summed E-state index contributed by atoms with van der Waals surface area (Å²) in [6.07, 6.45) is 1.05. The van der Waals surface area contributed by atoms with E-state index in [1.54, 1.807) is 17.5 Å². The molecule has 0 aliphatic carbocycles. The minimum Gasteiger partial charge on any atom is -0.454 e. The number of hydrogen-bond acceptors (Lipinski definition) is 7. The lowest BCUT2D eigenvalue weighted by Gasteiger charge is -2.22. The fraction of sp³-hybridized carbons (Fsp3) is 0.278. The second kappa shape index (κ2) is 8.78. The first-order valence-electron chi connectivity index (χ1n) is 8.61. The van der Waals surface area contributed by atoms with E-state index in [1.807, 2.05) is 0 Å². The third kappa shape index (κ3) is 4.74. The molecule has 3 rings (SSSR count). The molecular formula is C18H16FN3O6S. The van der Waals surface area contributed by atoms with Gasteiger partial charge in [-0.05, 0) is 36.4 Å². The van der Waals surface area contributed by atoms with E-state index in [2.05, 4.69) is 5.32 Å². The molecule has 11 heteroatoms. The van der Waals surface area contributed by atoms with E-state index in [0.717, 1.165) is 12.1 Å². The van der Waals surface area contributed by atoms with Gasteiger partial charge in [0.25, 0.3) is 17.5 Å². The maximum Gasteiger partial charge on any atom is 0.329 e. The van der Waals surface area contributed by atoms with Crippen LogP contribution in [0.25, 0.3) is 0 Å². The van der Waals surface area contributed by atoms with Gasteiger partial charge in [-0.15, -0.1) is 11.3 Å². The molecule has 1 atom stereocenters. The quantitative estimate of drug-likeness (QED) is 0.435. The standard InChI is InChI=1S/C18H16FN3O6S/c19-11-5-6-12(14(9-11)22(26)27)20-16(23)10-28-18(25)13-3-1-7-21(13)17(24)15-4-2-8-29-15/h2,4-6,8-9,13H,1,3,7,10H2,(H,20,23). The number of esters is 1. The Morgan fingerprint density at radius 2 is 2.14 bits per heavy atom. The van der Waals surface area contributed by atoms with E-state index < -0.39 is 41.0 Å². The molecule has 0 bridgehead atoms. The normalized spacial score (nSPS) is 15.8. The molecule has 1 aliphatic rings. The zero-order valence-corrected chi connectivity index (χ0v) is 15.8. The number of carbonyl (C=O) groups is 3. The Morgan fingerprint density at radius 3 is 2.83 bits per heavy atom. The van der Waals surface area contributed by atoms with Crippen LogP contribution in [0.15, 0.2) is 35.7 Å².